The van der Waals surface area contributed by atoms with Gasteiger partial charge in [0.2, 0.25) is 0 Å². The zero-order valence-electron chi connectivity index (χ0n) is 9.75. The van der Waals surface area contributed by atoms with Gasteiger partial charge in [0.25, 0.3) is 0 Å². The van der Waals surface area contributed by atoms with Crippen molar-refractivity contribution in [3.05, 3.63) is 34.3 Å². The van der Waals surface area contributed by atoms with Gasteiger partial charge in [0, 0.05) is 5.02 Å². The van der Waals surface area contributed by atoms with Crippen molar-refractivity contribution in [1.29, 1.82) is 0 Å². The Morgan fingerprint density at radius 1 is 1.38 bits per heavy atom. The molecule has 0 radical (unpaired) electrons. The average molecular weight is 239 g/mol. The van der Waals surface area contributed by atoms with Crippen LogP contribution in [0.1, 0.15) is 49.3 Å². The Morgan fingerprint density at radius 2 is 2.06 bits per heavy atom. The fraction of sp³-hybridized carbons (Fsp3) is 0.571. The molecule has 1 aliphatic carbocycles. The van der Waals surface area contributed by atoms with E-state index >= 15 is 0 Å². The molecule has 1 fully saturated rings. The molecule has 16 heavy (non-hydrogen) atoms. The van der Waals surface area contributed by atoms with Crippen molar-refractivity contribution in [3.8, 4) is 0 Å². The molecule has 0 heterocycles. The summed E-state index contributed by atoms with van der Waals surface area (Å²) in [6, 6.07) is 5.89. The van der Waals surface area contributed by atoms with Crippen LogP contribution in [0.5, 0.6) is 0 Å². The predicted octanol–water partition coefficient (Wildman–Crippen LogP) is 4.26. The summed E-state index contributed by atoms with van der Waals surface area (Å²) in [7, 11) is 0. The number of benzene rings is 1. The van der Waals surface area contributed by atoms with Crippen LogP contribution in [0.4, 0.5) is 0 Å². The number of rotatable bonds is 3. The van der Waals surface area contributed by atoms with Crippen LogP contribution in [-0.2, 0) is 0 Å². The molecule has 2 rings (SSSR count). The molecule has 1 aliphatic rings. The first kappa shape index (κ1) is 11.9. The van der Waals surface area contributed by atoms with Crippen LogP contribution in [0.2, 0.25) is 5.02 Å². The zero-order valence-corrected chi connectivity index (χ0v) is 10.5. The molecule has 1 aromatic rings. The van der Waals surface area contributed by atoms with E-state index < -0.39 is 6.10 Å². The van der Waals surface area contributed by atoms with Crippen LogP contribution in [0.3, 0.4) is 0 Å². The zero-order chi connectivity index (χ0) is 11.5. The molecule has 0 bridgehead atoms. The minimum atomic E-state index is -0.392. The lowest BCUT2D eigenvalue weighted by Crippen LogP contribution is -2.05. The van der Waals surface area contributed by atoms with Gasteiger partial charge in [-0.1, -0.05) is 49.4 Å². The fourth-order valence-corrected chi connectivity index (χ4v) is 2.95. The molecule has 2 heteroatoms. The predicted molar refractivity (Wildman–Crippen MR) is 67.7 cm³/mol. The van der Waals surface area contributed by atoms with E-state index in [1.54, 1.807) is 0 Å². The third-order valence-electron chi connectivity index (χ3n) is 3.55. The molecular formula is C14H19ClO. The molecule has 1 N–H and O–H groups in total. The van der Waals surface area contributed by atoms with Gasteiger partial charge in [-0.15, -0.1) is 0 Å². The lowest BCUT2D eigenvalue weighted by atomic mass is 9.95. The highest BCUT2D eigenvalue weighted by Crippen LogP contribution is 2.35. The summed E-state index contributed by atoms with van der Waals surface area (Å²) in [6.45, 7) is 2.01. The van der Waals surface area contributed by atoms with Gasteiger partial charge in [0.15, 0.2) is 0 Å². The second-order valence-corrected chi connectivity index (χ2v) is 5.33. The summed E-state index contributed by atoms with van der Waals surface area (Å²) in [6.07, 6.45) is 5.64. The van der Waals surface area contributed by atoms with Gasteiger partial charge in [-0.25, -0.2) is 0 Å². The summed E-state index contributed by atoms with van der Waals surface area (Å²) in [4.78, 5) is 0. The highest BCUT2D eigenvalue weighted by molar-refractivity contribution is 6.31. The molecule has 88 valence electrons. The molecule has 0 aliphatic heterocycles. The molecule has 0 spiro atoms. The summed E-state index contributed by atoms with van der Waals surface area (Å²) in [5.41, 5.74) is 2.03. The molecule has 1 unspecified atom stereocenters. The summed E-state index contributed by atoms with van der Waals surface area (Å²) < 4.78 is 0. The van der Waals surface area contributed by atoms with Crippen molar-refractivity contribution < 1.29 is 5.11 Å². The SMILES string of the molecule is Cc1ccc(C(O)CC2CCCC2)c(Cl)c1. The van der Waals surface area contributed by atoms with E-state index in [2.05, 4.69) is 0 Å². The van der Waals surface area contributed by atoms with E-state index in [1.807, 2.05) is 25.1 Å². The Balaban J connectivity index is 2.04. The van der Waals surface area contributed by atoms with E-state index in [0.29, 0.717) is 10.9 Å². The van der Waals surface area contributed by atoms with Crippen molar-refractivity contribution in [2.24, 2.45) is 5.92 Å². The second kappa shape index (κ2) is 5.20. The lowest BCUT2D eigenvalue weighted by Gasteiger charge is -2.17. The fourth-order valence-electron chi connectivity index (χ4n) is 2.59. The van der Waals surface area contributed by atoms with Crippen LogP contribution in [0, 0.1) is 12.8 Å². The number of aliphatic hydroxyl groups is 1. The first-order valence-electron chi connectivity index (χ1n) is 6.11. The third-order valence-corrected chi connectivity index (χ3v) is 3.87. The smallest absolute Gasteiger partial charge is 0.0807 e. The summed E-state index contributed by atoms with van der Waals surface area (Å²) in [5.74, 6) is 0.687. The highest BCUT2D eigenvalue weighted by atomic mass is 35.5. The third kappa shape index (κ3) is 2.78. The van der Waals surface area contributed by atoms with Crippen molar-refractivity contribution in [2.75, 3.05) is 0 Å². The molecule has 1 aromatic carbocycles. The van der Waals surface area contributed by atoms with Gasteiger partial charge in [0.1, 0.15) is 0 Å². The minimum absolute atomic E-state index is 0.392. The molecular weight excluding hydrogens is 220 g/mol. The number of hydrogen-bond acceptors (Lipinski definition) is 1. The molecule has 0 aromatic heterocycles. The topological polar surface area (TPSA) is 20.2 Å². The van der Waals surface area contributed by atoms with Gasteiger partial charge >= 0.3 is 0 Å². The van der Waals surface area contributed by atoms with E-state index in [4.69, 9.17) is 11.6 Å². The Labute approximate surface area is 102 Å². The maximum absolute atomic E-state index is 10.2. The van der Waals surface area contributed by atoms with Gasteiger partial charge in [-0.3, -0.25) is 0 Å². The number of halogens is 1. The highest BCUT2D eigenvalue weighted by Gasteiger charge is 2.20. The second-order valence-electron chi connectivity index (χ2n) is 4.93. The molecule has 1 nitrogen and oxygen atoms in total. The van der Waals surface area contributed by atoms with Gasteiger partial charge in [-0.05, 0) is 36.5 Å². The van der Waals surface area contributed by atoms with Crippen molar-refractivity contribution >= 4 is 11.6 Å². The van der Waals surface area contributed by atoms with E-state index in [-0.39, 0.29) is 0 Å². The Morgan fingerprint density at radius 3 is 2.69 bits per heavy atom. The van der Waals surface area contributed by atoms with Crippen LogP contribution >= 0.6 is 11.6 Å². The average Bonchev–Trinajstić information content (AvgIpc) is 2.70. The number of hydrogen-bond donors (Lipinski definition) is 1. The first-order chi connectivity index (χ1) is 7.66. The van der Waals surface area contributed by atoms with E-state index in [1.165, 1.54) is 25.7 Å². The van der Waals surface area contributed by atoms with Gasteiger partial charge < -0.3 is 5.11 Å². The van der Waals surface area contributed by atoms with Crippen molar-refractivity contribution in [2.45, 2.75) is 45.1 Å². The van der Waals surface area contributed by atoms with E-state index in [9.17, 15) is 5.11 Å². The molecule has 1 atom stereocenters. The standard InChI is InChI=1S/C14H19ClO/c1-10-6-7-12(13(15)8-10)14(16)9-11-4-2-3-5-11/h6-8,11,14,16H,2-5,9H2,1H3. The largest absolute Gasteiger partial charge is 0.388 e. The first-order valence-corrected chi connectivity index (χ1v) is 6.48. The summed E-state index contributed by atoms with van der Waals surface area (Å²) in [5, 5.41) is 10.9. The van der Waals surface area contributed by atoms with Crippen LogP contribution in [0.25, 0.3) is 0 Å². The lowest BCUT2D eigenvalue weighted by molar-refractivity contribution is 0.145. The minimum Gasteiger partial charge on any atom is -0.388 e. The number of aliphatic hydroxyl groups excluding tert-OH is 1. The normalized spacial score (nSPS) is 18.9. The number of aryl methyl sites for hydroxylation is 1. The Kier molecular flexibility index (Phi) is 3.88. The maximum Gasteiger partial charge on any atom is 0.0807 e. The van der Waals surface area contributed by atoms with Gasteiger partial charge in [-0.2, -0.15) is 0 Å². The van der Waals surface area contributed by atoms with Crippen LogP contribution < -0.4 is 0 Å². The molecule has 0 saturated heterocycles. The Hall–Kier alpha value is -0.530. The van der Waals surface area contributed by atoms with Crippen LogP contribution in [0.15, 0.2) is 18.2 Å². The van der Waals surface area contributed by atoms with Crippen molar-refractivity contribution in [3.63, 3.8) is 0 Å². The molecule has 1 saturated carbocycles. The quantitative estimate of drug-likeness (QED) is 0.834. The van der Waals surface area contributed by atoms with E-state index in [0.717, 1.165) is 17.5 Å². The van der Waals surface area contributed by atoms with Crippen LogP contribution in [-0.4, -0.2) is 5.11 Å². The monoisotopic (exact) mass is 238 g/mol. The van der Waals surface area contributed by atoms with Crippen molar-refractivity contribution in [1.82, 2.24) is 0 Å². The maximum atomic E-state index is 10.2. The molecule has 0 amide bonds. The summed E-state index contributed by atoms with van der Waals surface area (Å²) >= 11 is 6.15. The Bertz CT molecular complexity index is 356. The van der Waals surface area contributed by atoms with Gasteiger partial charge in [0.05, 0.1) is 6.10 Å².